The Bertz CT molecular complexity index is 410. The van der Waals surface area contributed by atoms with Crippen LogP contribution in [0.2, 0.25) is 0 Å². The second kappa shape index (κ2) is 7.39. The Kier molecular flexibility index (Phi) is 5.47. The second-order valence-electron chi connectivity index (χ2n) is 7.75. The summed E-state index contributed by atoms with van der Waals surface area (Å²) in [6.07, 6.45) is 6.36. The monoisotopic (exact) mass is 322 g/mol. The summed E-state index contributed by atoms with van der Waals surface area (Å²) in [7, 11) is 0. The van der Waals surface area contributed by atoms with Crippen LogP contribution in [0.5, 0.6) is 0 Å². The third-order valence-electron chi connectivity index (χ3n) is 5.87. The molecule has 1 saturated carbocycles. The number of urea groups is 1. The molecule has 2 unspecified atom stereocenters. The maximum Gasteiger partial charge on any atom is 0.317 e. The van der Waals surface area contributed by atoms with Crippen LogP contribution in [-0.4, -0.2) is 77.6 Å². The summed E-state index contributed by atoms with van der Waals surface area (Å²) in [5.74, 6) is 0. The smallest absolute Gasteiger partial charge is 0.317 e. The number of carbonyl (C=O) groups excluding carboxylic acids is 1. The zero-order valence-corrected chi connectivity index (χ0v) is 15.1. The molecule has 2 heterocycles. The molecule has 2 amide bonds. The van der Waals surface area contributed by atoms with Crippen molar-refractivity contribution < 1.29 is 4.79 Å². The molecule has 1 aliphatic carbocycles. The highest BCUT2D eigenvalue weighted by Gasteiger charge is 2.39. The van der Waals surface area contributed by atoms with Crippen LogP contribution in [0.1, 0.15) is 52.9 Å². The lowest BCUT2D eigenvalue weighted by Gasteiger charge is -2.32. The third kappa shape index (κ3) is 4.00. The topological polar surface area (TPSA) is 38.8 Å². The number of hydrogen-bond donors (Lipinski definition) is 1. The van der Waals surface area contributed by atoms with E-state index in [9.17, 15) is 4.79 Å². The highest BCUT2D eigenvalue weighted by atomic mass is 16.2. The Balaban J connectivity index is 1.46. The van der Waals surface area contributed by atoms with Crippen molar-refractivity contribution in [1.29, 1.82) is 0 Å². The summed E-state index contributed by atoms with van der Waals surface area (Å²) in [5, 5.41) is 3.16. The molecule has 2 aliphatic heterocycles. The van der Waals surface area contributed by atoms with E-state index in [1.807, 2.05) is 0 Å². The zero-order chi connectivity index (χ0) is 16.4. The van der Waals surface area contributed by atoms with Gasteiger partial charge in [0.15, 0.2) is 0 Å². The van der Waals surface area contributed by atoms with Crippen LogP contribution in [0.15, 0.2) is 0 Å². The highest BCUT2D eigenvalue weighted by Crippen LogP contribution is 2.32. The number of rotatable bonds is 6. The number of fused-ring (bicyclic) bond motifs is 2. The van der Waals surface area contributed by atoms with E-state index in [1.54, 1.807) is 0 Å². The summed E-state index contributed by atoms with van der Waals surface area (Å²) < 4.78 is 0. The van der Waals surface area contributed by atoms with Gasteiger partial charge >= 0.3 is 6.03 Å². The maximum atomic E-state index is 12.5. The van der Waals surface area contributed by atoms with Gasteiger partial charge in [-0.05, 0) is 52.5 Å². The minimum atomic E-state index is 0.146. The Labute approximate surface area is 141 Å². The van der Waals surface area contributed by atoms with Gasteiger partial charge in [0.25, 0.3) is 0 Å². The van der Waals surface area contributed by atoms with Crippen LogP contribution in [0, 0.1) is 0 Å². The van der Waals surface area contributed by atoms with Gasteiger partial charge in [-0.3, -0.25) is 9.80 Å². The number of likely N-dealkylation sites (tertiary alicyclic amines) is 1. The molecule has 5 heteroatoms. The van der Waals surface area contributed by atoms with Crippen LogP contribution in [0.25, 0.3) is 0 Å². The minimum absolute atomic E-state index is 0.146. The van der Waals surface area contributed by atoms with Crippen molar-refractivity contribution >= 4 is 6.03 Å². The lowest BCUT2D eigenvalue weighted by molar-refractivity contribution is 0.146. The Morgan fingerprint density at radius 3 is 2.57 bits per heavy atom. The third-order valence-corrected chi connectivity index (χ3v) is 5.87. The Morgan fingerprint density at radius 1 is 1.17 bits per heavy atom. The van der Waals surface area contributed by atoms with Gasteiger partial charge in [0.1, 0.15) is 0 Å². The average Bonchev–Trinajstić information content (AvgIpc) is 3.28. The molecule has 5 nitrogen and oxygen atoms in total. The molecule has 2 bridgehead atoms. The molecular formula is C18H34N4O. The van der Waals surface area contributed by atoms with Crippen molar-refractivity contribution in [3.63, 3.8) is 0 Å². The zero-order valence-electron chi connectivity index (χ0n) is 15.1. The van der Waals surface area contributed by atoms with Crippen molar-refractivity contribution in [1.82, 2.24) is 20.0 Å². The van der Waals surface area contributed by atoms with E-state index in [0.29, 0.717) is 18.1 Å². The predicted molar refractivity (Wildman–Crippen MR) is 93.6 cm³/mol. The van der Waals surface area contributed by atoms with Crippen LogP contribution < -0.4 is 5.32 Å². The molecule has 2 saturated heterocycles. The lowest BCUT2D eigenvalue weighted by atomic mass is 10.1. The number of amides is 2. The molecule has 1 N–H and O–H groups in total. The van der Waals surface area contributed by atoms with Gasteiger partial charge in [0.05, 0.1) is 0 Å². The Hall–Kier alpha value is -0.810. The van der Waals surface area contributed by atoms with Gasteiger partial charge in [-0.2, -0.15) is 0 Å². The first-order valence-corrected chi connectivity index (χ1v) is 9.64. The van der Waals surface area contributed by atoms with E-state index in [4.69, 9.17) is 0 Å². The number of hydrogen-bond acceptors (Lipinski definition) is 3. The fourth-order valence-corrected chi connectivity index (χ4v) is 4.60. The molecule has 0 spiro atoms. The molecule has 132 valence electrons. The number of nitrogens with zero attached hydrogens (tertiary/aromatic N) is 3. The van der Waals surface area contributed by atoms with Crippen LogP contribution in [-0.2, 0) is 0 Å². The quantitative estimate of drug-likeness (QED) is 0.814. The summed E-state index contributed by atoms with van der Waals surface area (Å²) in [4.78, 5) is 19.7. The van der Waals surface area contributed by atoms with Crippen LogP contribution in [0.3, 0.4) is 0 Å². The Morgan fingerprint density at radius 2 is 1.91 bits per heavy atom. The van der Waals surface area contributed by atoms with E-state index in [-0.39, 0.29) is 6.03 Å². The summed E-state index contributed by atoms with van der Waals surface area (Å²) in [5.41, 5.74) is 0. The number of carbonyl (C=O) groups is 1. The largest absolute Gasteiger partial charge is 0.337 e. The van der Waals surface area contributed by atoms with E-state index in [0.717, 1.165) is 45.2 Å². The fourth-order valence-electron chi connectivity index (χ4n) is 4.60. The molecule has 0 aromatic heterocycles. The molecule has 3 rings (SSSR count). The number of likely N-dealkylation sites (N-methyl/N-ethyl adjacent to an activating group) is 1. The molecule has 0 aromatic rings. The standard InChI is InChI=1S/C18H34N4O/c1-4-20(15-5-6-15)12-10-19-18(23)21-11-9-16-7-8-17(13-21)22(16)14(2)3/h14-17H,4-13H2,1-3H3,(H,19,23). The van der Waals surface area contributed by atoms with E-state index in [1.165, 1.54) is 25.7 Å². The fraction of sp³-hybridized carbons (Fsp3) is 0.944. The van der Waals surface area contributed by atoms with Crippen LogP contribution >= 0.6 is 0 Å². The first-order valence-electron chi connectivity index (χ1n) is 9.64. The predicted octanol–water partition coefficient (Wildman–Crippen LogP) is 2.13. The lowest BCUT2D eigenvalue weighted by Crippen LogP contribution is -2.48. The van der Waals surface area contributed by atoms with Crippen molar-refractivity contribution in [2.75, 3.05) is 32.7 Å². The molecule has 3 fully saturated rings. The summed E-state index contributed by atoms with van der Waals surface area (Å²) in [6.45, 7) is 11.5. The van der Waals surface area contributed by atoms with Crippen LogP contribution in [0.4, 0.5) is 4.79 Å². The molecule has 23 heavy (non-hydrogen) atoms. The number of nitrogens with one attached hydrogen (secondary N) is 1. The maximum absolute atomic E-state index is 12.5. The van der Waals surface area contributed by atoms with Gasteiger partial charge in [0, 0.05) is 50.3 Å². The summed E-state index contributed by atoms with van der Waals surface area (Å²) in [6, 6.07) is 2.76. The minimum Gasteiger partial charge on any atom is -0.337 e. The van der Waals surface area contributed by atoms with Crippen molar-refractivity contribution in [2.45, 2.75) is 77.0 Å². The molecule has 2 atom stereocenters. The highest BCUT2D eigenvalue weighted by molar-refractivity contribution is 5.74. The second-order valence-corrected chi connectivity index (χ2v) is 7.75. The normalized spacial score (nSPS) is 28.5. The first kappa shape index (κ1) is 17.0. The van der Waals surface area contributed by atoms with Gasteiger partial charge in [-0.25, -0.2) is 4.79 Å². The van der Waals surface area contributed by atoms with E-state index < -0.39 is 0 Å². The SMILES string of the molecule is CCN(CCNC(=O)N1CCC2CCC(C1)N2C(C)C)C1CC1. The van der Waals surface area contributed by atoms with Gasteiger partial charge in [-0.1, -0.05) is 6.92 Å². The van der Waals surface area contributed by atoms with Gasteiger partial charge in [-0.15, -0.1) is 0 Å². The molecule has 3 aliphatic rings. The van der Waals surface area contributed by atoms with Crippen molar-refractivity contribution in [2.24, 2.45) is 0 Å². The first-order chi connectivity index (χ1) is 11.1. The molecule has 0 aromatic carbocycles. The van der Waals surface area contributed by atoms with Crippen molar-refractivity contribution in [3.05, 3.63) is 0 Å². The van der Waals surface area contributed by atoms with Gasteiger partial charge < -0.3 is 10.2 Å². The van der Waals surface area contributed by atoms with E-state index >= 15 is 0 Å². The average molecular weight is 322 g/mol. The van der Waals surface area contributed by atoms with E-state index in [2.05, 4.69) is 40.8 Å². The summed E-state index contributed by atoms with van der Waals surface area (Å²) >= 11 is 0. The molecule has 0 radical (unpaired) electrons. The molecular weight excluding hydrogens is 288 g/mol. The van der Waals surface area contributed by atoms with Gasteiger partial charge in [0.2, 0.25) is 0 Å². The van der Waals surface area contributed by atoms with Crippen molar-refractivity contribution in [3.8, 4) is 0 Å².